The summed E-state index contributed by atoms with van der Waals surface area (Å²) in [6, 6.07) is 13.7. The summed E-state index contributed by atoms with van der Waals surface area (Å²) in [7, 11) is 0. The van der Waals surface area contributed by atoms with Crippen LogP contribution >= 0.6 is 0 Å². The maximum atomic E-state index is 12.0. The van der Waals surface area contributed by atoms with Crippen LogP contribution in [0.5, 0.6) is 5.75 Å². The Kier molecular flexibility index (Phi) is 6.00. The van der Waals surface area contributed by atoms with Crippen LogP contribution in [-0.4, -0.2) is 25.9 Å². The molecule has 0 aliphatic carbocycles. The number of anilines is 2. The van der Waals surface area contributed by atoms with E-state index in [0.717, 1.165) is 30.1 Å². The van der Waals surface area contributed by atoms with E-state index in [1.807, 2.05) is 38.1 Å². The molecule has 0 unspecified atom stereocenters. The standard InChI is InChI=1S/C21H27N3O2/c1-16-6-11-20(17(2)14-16)26-15-22-21(25)23-18-7-9-19(10-8-18)24-12-4-3-5-13-24/h6-11,14H,3-5,12-13,15H2,1-2H3,(H2,22,23,25). The van der Waals surface area contributed by atoms with Crippen molar-refractivity contribution in [2.75, 3.05) is 30.0 Å². The second-order valence-electron chi connectivity index (χ2n) is 6.78. The topological polar surface area (TPSA) is 53.6 Å². The molecule has 1 aliphatic heterocycles. The number of benzene rings is 2. The monoisotopic (exact) mass is 353 g/mol. The average Bonchev–Trinajstić information content (AvgIpc) is 2.65. The molecule has 0 radical (unpaired) electrons. The Morgan fingerprint density at radius 2 is 1.77 bits per heavy atom. The zero-order valence-corrected chi connectivity index (χ0v) is 15.5. The zero-order valence-electron chi connectivity index (χ0n) is 15.5. The van der Waals surface area contributed by atoms with Crippen molar-refractivity contribution in [2.45, 2.75) is 33.1 Å². The van der Waals surface area contributed by atoms with Crippen LogP contribution in [0.15, 0.2) is 42.5 Å². The minimum absolute atomic E-state index is 0.127. The van der Waals surface area contributed by atoms with Crippen molar-refractivity contribution in [1.82, 2.24) is 5.32 Å². The van der Waals surface area contributed by atoms with Crippen LogP contribution in [0.3, 0.4) is 0 Å². The molecule has 0 spiro atoms. The van der Waals surface area contributed by atoms with Gasteiger partial charge >= 0.3 is 6.03 Å². The molecule has 26 heavy (non-hydrogen) atoms. The number of rotatable bonds is 5. The largest absolute Gasteiger partial charge is 0.473 e. The molecule has 5 heteroatoms. The number of nitrogens with zero attached hydrogens (tertiary/aromatic N) is 1. The van der Waals surface area contributed by atoms with E-state index < -0.39 is 0 Å². The van der Waals surface area contributed by atoms with Gasteiger partial charge in [-0.3, -0.25) is 0 Å². The average molecular weight is 353 g/mol. The number of urea groups is 1. The third kappa shape index (κ3) is 4.91. The van der Waals surface area contributed by atoms with Gasteiger partial charge in [-0.2, -0.15) is 0 Å². The molecule has 2 amide bonds. The summed E-state index contributed by atoms with van der Waals surface area (Å²) in [5.74, 6) is 0.779. The number of ether oxygens (including phenoxy) is 1. The number of amides is 2. The van der Waals surface area contributed by atoms with Crippen LogP contribution in [-0.2, 0) is 0 Å². The van der Waals surface area contributed by atoms with Crippen LogP contribution in [0.25, 0.3) is 0 Å². The lowest BCUT2D eigenvalue weighted by Crippen LogP contribution is -2.32. The molecule has 0 atom stereocenters. The quantitative estimate of drug-likeness (QED) is 0.781. The SMILES string of the molecule is Cc1ccc(OCNC(=O)Nc2ccc(N3CCCCC3)cc2)c(C)c1. The summed E-state index contributed by atoms with van der Waals surface area (Å²) in [4.78, 5) is 14.4. The molecular formula is C21H27N3O2. The first-order valence-electron chi connectivity index (χ1n) is 9.22. The van der Waals surface area contributed by atoms with E-state index in [2.05, 4.69) is 33.7 Å². The first-order valence-corrected chi connectivity index (χ1v) is 9.22. The van der Waals surface area contributed by atoms with Gasteiger partial charge in [0, 0.05) is 24.5 Å². The molecule has 0 saturated carbocycles. The molecule has 2 N–H and O–H groups in total. The van der Waals surface area contributed by atoms with Crippen molar-refractivity contribution in [3.63, 3.8) is 0 Å². The molecule has 5 nitrogen and oxygen atoms in total. The minimum Gasteiger partial charge on any atom is -0.473 e. The fraction of sp³-hybridized carbons (Fsp3) is 0.381. The lowest BCUT2D eigenvalue weighted by Gasteiger charge is -2.28. The van der Waals surface area contributed by atoms with Gasteiger partial charge in [0.15, 0.2) is 6.73 Å². The molecule has 1 heterocycles. The van der Waals surface area contributed by atoms with Crippen molar-refractivity contribution in [3.05, 3.63) is 53.6 Å². The molecule has 0 aromatic heterocycles. The smallest absolute Gasteiger partial charge is 0.321 e. The molecular weight excluding hydrogens is 326 g/mol. The Morgan fingerprint density at radius 1 is 1.04 bits per heavy atom. The van der Waals surface area contributed by atoms with Gasteiger partial charge in [0.05, 0.1) is 0 Å². The minimum atomic E-state index is -0.277. The van der Waals surface area contributed by atoms with E-state index in [9.17, 15) is 4.79 Å². The Labute approximate surface area is 155 Å². The molecule has 1 aliphatic rings. The lowest BCUT2D eigenvalue weighted by atomic mass is 10.1. The highest BCUT2D eigenvalue weighted by Gasteiger charge is 2.11. The Hall–Kier alpha value is -2.69. The summed E-state index contributed by atoms with van der Waals surface area (Å²) in [6.07, 6.45) is 3.83. The molecule has 138 valence electrons. The van der Waals surface area contributed by atoms with E-state index in [4.69, 9.17) is 4.74 Å². The van der Waals surface area contributed by atoms with Gasteiger partial charge in [0.1, 0.15) is 5.75 Å². The summed E-state index contributed by atoms with van der Waals surface area (Å²) in [5, 5.41) is 5.55. The van der Waals surface area contributed by atoms with Gasteiger partial charge < -0.3 is 20.3 Å². The third-order valence-corrected chi connectivity index (χ3v) is 4.64. The van der Waals surface area contributed by atoms with E-state index in [-0.39, 0.29) is 12.8 Å². The Morgan fingerprint density at radius 3 is 2.46 bits per heavy atom. The van der Waals surface area contributed by atoms with Crippen molar-refractivity contribution < 1.29 is 9.53 Å². The van der Waals surface area contributed by atoms with Gasteiger partial charge in [0.2, 0.25) is 0 Å². The lowest BCUT2D eigenvalue weighted by molar-refractivity contribution is 0.234. The van der Waals surface area contributed by atoms with Gasteiger partial charge in [-0.05, 0) is 69.0 Å². The number of hydrogen-bond acceptors (Lipinski definition) is 3. The van der Waals surface area contributed by atoms with Crippen LogP contribution in [0.2, 0.25) is 0 Å². The summed E-state index contributed by atoms with van der Waals surface area (Å²) >= 11 is 0. The molecule has 1 saturated heterocycles. The predicted octanol–water partition coefficient (Wildman–Crippen LogP) is 4.45. The highest BCUT2D eigenvalue weighted by Crippen LogP contribution is 2.22. The molecule has 3 rings (SSSR count). The number of piperidine rings is 1. The molecule has 0 bridgehead atoms. The second-order valence-corrected chi connectivity index (χ2v) is 6.78. The van der Waals surface area contributed by atoms with Crippen LogP contribution in [0, 0.1) is 13.8 Å². The summed E-state index contributed by atoms with van der Waals surface area (Å²) in [5.41, 5.74) is 4.23. The Bertz CT molecular complexity index is 737. The number of carbonyl (C=O) groups excluding carboxylic acids is 1. The van der Waals surface area contributed by atoms with Gasteiger partial charge in [-0.25, -0.2) is 4.79 Å². The number of nitrogens with one attached hydrogen (secondary N) is 2. The number of carbonyl (C=O) groups is 1. The van der Waals surface area contributed by atoms with Crippen molar-refractivity contribution in [3.8, 4) is 5.75 Å². The van der Waals surface area contributed by atoms with Gasteiger partial charge in [0.25, 0.3) is 0 Å². The Balaban J connectivity index is 1.45. The van der Waals surface area contributed by atoms with Crippen LogP contribution in [0.4, 0.5) is 16.2 Å². The second kappa shape index (κ2) is 8.61. The maximum Gasteiger partial charge on any atom is 0.321 e. The van der Waals surface area contributed by atoms with E-state index in [1.165, 1.54) is 30.5 Å². The van der Waals surface area contributed by atoms with E-state index in [1.54, 1.807) is 0 Å². The van der Waals surface area contributed by atoms with Crippen LogP contribution < -0.4 is 20.3 Å². The van der Waals surface area contributed by atoms with E-state index >= 15 is 0 Å². The van der Waals surface area contributed by atoms with Gasteiger partial charge in [-0.1, -0.05) is 17.7 Å². The third-order valence-electron chi connectivity index (χ3n) is 4.64. The van der Waals surface area contributed by atoms with Crippen LogP contribution in [0.1, 0.15) is 30.4 Å². The van der Waals surface area contributed by atoms with Gasteiger partial charge in [-0.15, -0.1) is 0 Å². The zero-order chi connectivity index (χ0) is 18.4. The first-order chi connectivity index (χ1) is 12.6. The summed E-state index contributed by atoms with van der Waals surface area (Å²) < 4.78 is 5.62. The highest BCUT2D eigenvalue weighted by molar-refractivity contribution is 5.89. The fourth-order valence-corrected chi connectivity index (χ4v) is 3.22. The molecule has 2 aromatic rings. The number of aryl methyl sites for hydroxylation is 2. The van der Waals surface area contributed by atoms with Crippen molar-refractivity contribution in [2.24, 2.45) is 0 Å². The van der Waals surface area contributed by atoms with E-state index in [0.29, 0.717) is 0 Å². The molecule has 2 aromatic carbocycles. The maximum absolute atomic E-state index is 12.0. The first kappa shape index (κ1) is 18.1. The predicted molar refractivity (Wildman–Crippen MR) is 106 cm³/mol. The normalized spacial score (nSPS) is 14.0. The van der Waals surface area contributed by atoms with Crippen molar-refractivity contribution in [1.29, 1.82) is 0 Å². The fourth-order valence-electron chi connectivity index (χ4n) is 3.22. The highest BCUT2D eigenvalue weighted by atomic mass is 16.5. The summed E-state index contributed by atoms with van der Waals surface area (Å²) in [6.45, 7) is 6.39. The molecule has 1 fully saturated rings. The van der Waals surface area contributed by atoms with Crippen molar-refractivity contribution >= 4 is 17.4 Å². The number of hydrogen-bond donors (Lipinski definition) is 2.